The summed E-state index contributed by atoms with van der Waals surface area (Å²) in [6.07, 6.45) is 2.56. The van der Waals surface area contributed by atoms with Crippen LogP contribution in [0.4, 0.5) is 23.1 Å². The van der Waals surface area contributed by atoms with Crippen LogP contribution in [0.3, 0.4) is 0 Å². The van der Waals surface area contributed by atoms with Crippen LogP contribution in [-0.4, -0.2) is 48.0 Å². The maximum atomic E-state index is 12.2. The highest BCUT2D eigenvalue weighted by Crippen LogP contribution is 2.31. The fraction of sp³-hybridized carbons (Fsp3) is 0.269. The molecule has 0 unspecified atom stereocenters. The highest BCUT2D eigenvalue weighted by molar-refractivity contribution is 6.33. The summed E-state index contributed by atoms with van der Waals surface area (Å²) in [6.45, 7) is 6.28. The van der Waals surface area contributed by atoms with Gasteiger partial charge in [-0.2, -0.15) is 4.98 Å². The van der Waals surface area contributed by atoms with E-state index in [0.29, 0.717) is 28.0 Å². The molecule has 2 aromatic carbocycles. The van der Waals surface area contributed by atoms with Gasteiger partial charge in [0, 0.05) is 25.8 Å². The summed E-state index contributed by atoms with van der Waals surface area (Å²) < 4.78 is 0. The van der Waals surface area contributed by atoms with Gasteiger partial charge in [0.05, 0.1) is 17.4 Å². The van der Waals surface area contributed by atoms with Gasteiger partial charge in [0.2, 0.25) is 5.95 Å². The van der Waals surface area contributed by atoms with Crippen molar-refractivity contribution in [2.24, 2.45) is 0 Å². The lowest BCUT2D eigenvalue weighted by Gasteiger charge is -2.17. The lowest BCUT2D eigenvalue weighted by atomic mass is 9.95. The van der Waals surface area contributed by atoms with E-state index in [1.165, 1.54) is 22.3 Å². The minimum Gasteiger partial charge on any atom is -0.355 e. The summed E-state index contributed by atoms with van der Waals surface area (Å²) >= 11 is 6.37. The third-order valence-corrected chi connectivity index (χ3v) is 6.16. The van der Waals surface area contributed by atoms with Crippen LogP contribution in [0.2, 0.25) is 5.02 Å². The Morgan fingerprint density at radius 3 is 2.68 bits per heavy atom. The number of amides is 1. The van der Waals surface area contributed by atoms with E-state index in [9.17, 15) is 4.79 Å². The Labute approximate surface area is 205 Å². The van der Waals surface area contributed by atoms with E-state index in [0.717, 1.165) is 25.2 Å². The van der Waals surface area contributed by atoms with Gasteiger partial charge in [0.15, 0.2) is 5.82 Å². The summed E-state index contributed by atoms with van der Waals surface area (Å²) in [5.74, 6) is 0.628. The molecule has 0 bridgehead atoms. The minimum atomic E-state index is -0.197. The van der Waals surface area contributed by atoms with Crippen molar-refractivity contribution in [2.45, 2.75) is 20.3 Å². The van der Waals surface area contributed by atoms with E-state index in [4.69, 9.17) is 11.6 Å². The average molecular weight is 477 g/mol. The molecule has 1 aliphatic rings. The van der Waals surface area contributed by atoms with E-state index >= 15 is 0 Å². The fourth-order valence-electron chi connectivity index (χ4n) is 4.02. The quantitative estimate of drug-likeness (QED) is 0.466. The lowest BCUT2D eigenvalue weighted by molar-refractivity contribution is 0.0964. The Bertz CT molecular complexity index is 1250. The van der Waals surface area contributed by atoms with Crippen LogP contribution in [0.25, 0.3) is 5.57 Å². The molecule has 1 aliphatic heterocycles. The molecule has 3 aromatic rings. The van der Waals surface area contributed by atoms with Crippen molar-refractivity contribution in [1.29, 1.82) is 0 Å². The van der Waals surface area contributed by atoms with Crippen LogP contribution >= 0.6 is 11.6 Å². The van der Waals surface area contributed by atoms with Gasteiger partial charge in [0.25, 0.3) is 5.91 Å². The number of likely N-dealkylation sites (N-methyl/N-ethyl adjacent to an activating group) is 1. The van der Waals surface area contributed by atoms with Crippen LogP contribution < -0.4 is 16.0 Å². The molecule has 1 aromatic heterocycles. The molecule has 7 nitrogen and oxygen atoms in total. The Morgan fingerprint density at radius 2 is 1.91 bits per heavy atom. The number of anilines is 4. The second-order valence-electron chi connectivity index (χ2n) is 8.60. The molecule has 2 heterocycles. The van der Waals surface area contributed by atoms with Crippen LogP contribution in [0.15, 0.2) is 54.2 Å². The third kappa shape index (κ3) is 5.21. The zero-order valence-electron chi connectivity index (χ0n) is 19.9. The first kappa shape index (κ1) is 23.7. The first-order valence-electron chi connectivity index (χ1n) is 11.2. The number of nitrogens with one attached hydrogen (secondary N) is 3. The van der Waals surface area contributed by atoms with E-state index in [1.54, 1.807) is 31.4 Å². The number of halogens is 1. The first-order valence-corrected chi connectivity index (χ1v) is 11.6. The SMILES string of the molecule is CNC(=O)c1ccccc1Nc1nc(Nc2ccc3c(c2)C(=C(C)C)CN(C)CC3)ncc1Cl. The number of aromatic nitrogens is 2. The molecule has 0 saturated carbocycles. The van der Waals surface area contributed by atoms with Crippen molar-refractivity contribution in [3.8, 4) is 0 Å². The predicted octanol–water partition coefficient (Wildman–Crippen LogP) is 5.26. The van der Waals surface area contributed by atoms with Gasteiger partial charge in [-0.3, -0.25) is 4.79 Å². The van der Waals surface area contributed by atoms with E-state index in [1.807, 2.05) is 6.07 Å². The summed E-state index contributed by atoms with van der Waals surface area (Å²) in [4.78, 5) is 23.5. The topological polar surface area (TPSA) is 82.2 Å². The van der Waals surface area contributed by atoms with Crippen LogP contribution in [-0.2, 0) is 6.42 Å². The van der Waals surface area contributed by atoms with E-state index in [2.05, 4.69) is 69.9 Å². The van der Waals surface area contributed by atoms with Crippen molar-refractivity contribution < 1.29 is 4.79 Å². The zero-order valence-corrected chi connectivity index (χ0v) is 20.6. The summed E-state index contributed by atoms with van der Waals surface area (Å²) in [6, 6.07) is 13.6. The standard InChI is InChI=1S/C26H29ClN6O/c1-16(2)21-15-33(4)12-11-17-9-10-18(13-20(17)21)30-26-29-14-22(27)24(32-26)31-23-8-6-5-7-19(23)25(34)28-3/h5-10,13-14H,11-12,15H2,1-4H3,(H,28,34)(H2,29,30,31,32). The number of hydrogen-bond acceptors (Lipinski definition) is 6. The van der Waals surface area contributed by atoms with Gasteiger partial charge in [-0.05, 0) is 68.3 Å². The molecule has 176 valence electrons. The monoisotopic (exact) mass is 476 g/mol. The number of hydrogen-bond donors (Lipinski definition) is 3. The van der Waals surface area contributed by atoms with Crippen molar-refractivity contribution in [3.05, 3.63) is 75.9 Å². The van der Waals surface area contributed by atoms with Gasteiger partial charge in [0.1, 0.15) is 5.02 Å². The van der Waals surface area contributed by atoms with Crippen molar-refractivity contribution in [2.75, 3.05) is 37.8 Å². The number of carbonyl (C=O) groups excluding carboxylic acids is 1. The molecule has 3 N–H and O–H groups in total. The van der Waals surface area contributed by atoms with Gasteiger partial charge >= 0.3 is 0 Å². The second-order valence-corrected chi connectivity index (χ2v) is 9.01. The largest absolute Gasteiger partial charge is 0.355 e. The molecule has 0 atom stereocenters. The highest BCUT2D eigenvalue weighted by Gasteiger charge is 2.18. The smallest absolute Gasteiger partial charge is 0.253 e. The summed E-state index contributed by atoms with van der Waals surface area (Å²) in [5.41, 5.74) is 7.29. The minimum absolute atomic E-state index is 0.197. The molecule has 0 aliphatic carbocycles. The van der Waals surface area contributed by atoms with Crippen LogP contribution in [0, 0.1) is 0 Å². The van der Waals surface area contributed by atoms with Crippen molar-refractivity contribution in [1.82, 2.24) is 20.2 Å². The molecule has 0 saturated heterocycles. The Hall–Kier alpha value is -3.42. The number of para-hydroxylation sites is 1. The predicted molar refractivity (Wildman–Crippen MR) is 139 cm³/mol. The van der Waals surface area contributed by atoms with E-state index in [-0.39, 0.29) is 5.91 Å². The van der Waals surface area contributed by atoms with Gasteiger partial charge in [-0.25, -0.2) is 4.98 Å². The number of nitrogens with zero attached hydrogens (tertiary/aromatic N) is 3. The number of allylic oxidation sites excluding steroid dienone is 1. The molecule has 4 rings (SSSR count). The Balaban J connectivity index is 1.63. The van der Waals surface area contributed by atoms with Crippen molar-refractivity contribution >= 4 is 46.2 Å². The van der Waals surface area contributed by atoms with Crippen LogP contribution in [0.1, 0.15) is 35.3 Å². The van der Waals surface area contributed by atoms with Crippen molar-refractivity contribution in [3.63, 3.8) is 0 Å². The average Bonchev–Trinajstić information content (AvgIpc) is 3.00. The normalized spacial score (nSPS) is 13.6. The van der Waals surface area contributed by atoms with Gasteiger partial charge in [-0.1, -0.05) is 35.4 Å². The maximum Gasteiger partial charge on any atom is 0.253 e. The molecular weight excluding hydrogens is 448 g/mol. The molecule has 8 heteroatoms. The molecule has 34 heavy (non-hydrogen) atoms. The number of carbonyl (C=O) groups is 1. The molecular formula is C26H29ClN6O. The molecule has 1 amide bonds. The highest BCUT2D eigenvalue weighted by atomic mass is 35.5. The molecule has 0 radical (unpaired) electrons. The fourth-order valence-corrected chi connectivity index (χ4v) is 4.16. The maximum absolute atomic E-state index is 12.2. The Morgan fingerprint density at radius 1 is 1.12 bits per heavy atom. The first-order chi connectivity index (χ1) is 16.4. The summed E-state index contributed by atoms with van der Waals surface area (Å²) in [7, 11) is 3.75. The number of rotatable bonds is 5. The zero-order chi connectivity index (χ0) is 24.2. The third-order valence-electron chi connectivity index (χ3n) is 5.88. The Kier molecular flexibility index (Phi) is 7.14. The van der Waals surface area contributed by atoms with Crippen LogP contribution in [0.5, 0.6) is 0 Å². The lowest BCUT2D eigenvalue weighted by Crippen LogP contribution is -2.20. The molecule has 0 fully saturated rings. The van der Waals surface area contributed by atoms with Gasteiger partial charge < -0.3 is 20.9 Å². The summed E-state index contributed by atoms with van der Waals surface area (Å²) in [5, 5.41) is 9.48. The number of benzene rings is 2. The number of fused-ring (bicyclic) bond motifs is 1. The van der Waals surface area contributed by atoms with Gasteiger partial charge in [-0.15, -0.1) is 0 Å². The van der Waals surface area contributed by atoms with E-state index < -0.39 is 0 Å². The second kappa shape index (κ2) is 10.2. The molecule has 0 spiro atoms.